The van der Waals surface area contributed by atoms with Crippen LogP contribution in [0.4, 0.5) is 5.69 Å². The van der Waals surface area contributed by atoms with E-state index >= 15 is 0 Å². The first-order valence-corrected chi connectivity index (χ1v) is 10.2. The molecular weight excluding hydrogens is 352 g/mol. The van der Waals surface area contributed by atoms with Crippen molar-refractivity contribution in [3.05, 3.63) is 60.2 Å². The first-order chi connectivity index (χ1) is 12.4. The summed E-state index contributed by atoms with van der Waals surface area (Å²) >= 11 is 0. The summed E-state index contributed by atoms with van der Waals surface area (Å²) < 4.78 is 30.2. The molecule has 26 heavy (non-hydrogen) atoms. The number of carbonyl (C=O) groups is 1. The number of rotatable bonds is 9. The van der Waals surface area contributed by atoms with Crippen molar-refractivity contribution in [3.63, 3.8) is 0 Å². The molecule has 0 aliphatic rings. The Hall–Kier alpha value is -2.38. The van der Waals surface area contributed by atoms with Gasteiger partial charge in [-0.15, -0.1) is 0 Å². The molecule has 0 spiro atoms. The lowest BCUT2D eigenvalue weighted by Crippen LogP contribution is -2.38. The van der Waals surface area contributed by atoms with Crippen LogP contribution in [0.3, 0.4) is 0 Å². The topological polar surface area (TPSA) is 75.7 Å². The van der Waals surface area contributed by atoms with Gasteiger partial charge in [-0.1, -0.05) is 30.3 Å². The molecule has 1 amide bonds. The van der Waals surface area contributed by atoms with E-state index in [0.29, 0.717) is 24.4 Å². The smallest absolute Gasteiger partial charge is 0.239 e. The van der Waals surface area contributed by atoms with Crippen molar-refractivity contribution in [1.82, 2.24) is 4.31 Å². The van der Waals surface area contributed by atoms with Crippen LogP contribution < -0.4 is 10.1 Å². The first kappa shape index (κ1) is 19.9. The quantitative estimate of drug-likeness (QED) is 0.730. The van der Waals surface area contributed by atoms with Gasteiger partial charge in [0.2, 0.25) is 15.9 Å². The molecular formula is C19H24N2O4S. The van der Waals surface area contributed by atoms with E-state index in [1.54, 1.807) is 31.4 Å². The van der Waals surface area contributed by atoms with Crippen LogP contribution in [0.25, 0.3) is 0 Å². The summed E-state index contributed by atoms with van der Waals surface area (Å²) in [4.78, 5) is 12.2. The molecule has 0 aliphatic carbocycles. The molecule has 140 valence electrons. The van der Waals surface area contributed by atoms with Crippen LogP contribution >= 0.6 is 0 Å². The van der Waals surface area contributed by atoms with Crippen LogP contribution in [0, 0.1) is 0 Å². The van der Waals surface area contributed by atoms with E-state index in [9.17, 15) is 13.2 Å². The van der Waals surface area contributed by atoms with Crippen LogP contribution in [0.2, 0.25) is 0 Å². The number of sulfonamides is 1. The molecule has 7 heteroatoms. The largest absolute Gasteiger partial charge is 0.497 e. The number of nitrogens with one attached hydrogen (secondary N) is 1. The van der Waals surface area contributed by atoms with E-state index in [1.165, 1.54) is 4.31 Å². The summed E-state index contributed by atoms with van der Waals surface area (Å²) in [6.07, 6.45) is 2.52. The number of aryl methyl sites for hydroxylation is 1. The third-order valence-electron chi connectivity index (χ3n) is 3.88. The fourth-order valence-electron chi connectivity index (χ4n) is 2.50. The van der Waals surface area contributed by atoms with E-state index in [-0.39, 0.29) is 12.5 Å². The Morgan fingerprint density at radius 2 is 1.73 bits per heavy atom. The Balaban J connectivity index is 1.90. The van der Waals surface area contributed by atoms with E-state index in [1.807, 2.05) is 30.3 Å². The van der Waals surface area contributed by atoms with Crippen molar-refractivity contribution in [2.24, 2.45) is 0 Å². The van der Waals surface area contributed by atoms with Crippen LogP contribution in [0.15, 0.2) is 54.6 Å². The van der Waals surface area contributed by atoms with Crippen molar-refractivity contribution in [1.29, 1.82) is 0 Å². The minimum absolute atomic E-state index is 0.209. The van der Waals surface area contributed by atoms with E-state index < -0.39 is 10.0 Å². The molecule has 0 fully saturated rings. The summed E-state index contributed by atoms with van der Waals surface area (Å²) in [7, 11) is -1.90. The lowest BCUT2D eigenvalue weighted by molar-refractivity contribution is -0.116. The maximum Gasteiger partial charge on any atom is 0.239 e. The molecule has 6 nitrogen and oxygen atoms in total. The molecule has 0 atom stereocenters. The lowest BCUT2D eigenvalue weighted by atomic mass is 10.1. The van der Waals surface area contributed by atoms with Gasteiger partial charge in [-0.3, -0.25) is 4.79 Å². The Morgan fingerprint density at radius 3 is 2.31 bits per heavy atom. The molecule has 0 heterocycles. The number of methoxy groups -OCH3 is 1. The van der Waals surface area contributed by atoms with Gasteiger partial charge in [0, 0.05) is 12.2 Å². The lowest BCUT2D eigenvalue weighted by Gasteiger charge is -2.19. The highest BCUT2D eigenvalue weighted by atomic mass is 32.2. The standard InChI is InChI=1S/C19H24N2O4S/c1-25-18-12-10-17(11-13-18)20-19(22)15-21(26(2,23)24)14-6-9-16-7-4-3-5-8-16/h3-5,7-8,10-13H,6,9,14-15H2,1-2H3,(H,20,22). The van der Waals surface area contributed by atoms with Crippen LogP contribution in [-0.2, 0) is 21.2 Å². The fourth-order valence-corrected chi connectivity index (χ4v) is 3.31. The normalized spacial score (nSPS) is 11.3. The monoisotopic (exact) mass is 376 g/mol. The molecule has 0 radical (unpaired) electrons. The highest BCUT2D eigenvalue weighted by Gasteiger charge is 2.19. The summed E-state index contributed by atoms with van der Waals surface area (Å²) in [5, 5.41) is 2.70. The van der Waals surface area contributed by atoms with Gasteiger partial charge in [0.15, 0.2) is 0 Å². The molecule has 2 rings (SSSR count). The Morgan fingerprint density at radius 1 is 1.08 bits per heavy atom. The Bertz CT molecular complexity index is 805. The van der Waals surface area contributed by atoms with Gasteiger partial charge in [-0.25, -0.2) is 8.42 Å². The van der Waals surface area contributed by atoms with Gasteiger partial charge in [0.25, 0.3) is 0 Å². The van der Waals surface area contributed by atoms with Gasteiger partial charge >= 0.3 is 0 Å². The third-order valence-corrected chi connectivity index (χ3v) is 5.13. The predicted octanol–water partition coefficient (Wildman–Crippen LogP) is 2.53. The second-order valence-electron chi connectivity index (χ2n) is 5.96. The molecule has 0 saturated carbocycles. The molecule has 2 aromatic rings. The zero-order valence-corrected chi connectivity index (χ0v) is 15.8. The number of hydrogen-bond donors (Lipinski definition) is 1. The minimum atomic E-state index is -3.46. The molecule has 0 saturated heterocycles. The Kier molecular flexibility index (Phi) is 7.17. The van der Waals surface area contributed by atoms with E-state index in [2.05, 4.69) is 5.32 Å². The zero-order chi connectivity index (χ0) is 19.0. The summed E-state index contributed by atoms with van der Waals surface area (Å²) in [6.45, 7) is 0.0867. The average Bonchev–Trinajstić information content (AvgIpc) is 2.61. The minimum Gasteiger partial charge on any atom is -0.497 e. The summed E-state index contributed by atoms with van der Waals surface area (Å²) in [5.74, 6) is 0.307. The van der Waals surface area contributed by atoms with Crippen molar-refractivity contribution >= 4 is 21.6 Å². The van der Waals surface area contributed by atoms with Gasteiger partial charge in [0.05, 0.1) is 19.9 Å². The van der Waals surface area contributed by atoms with Gasteiger partial charge in [-0.2, -0.15) is 4.31 Å². The number of amides is 1. The highest BCUT2D eigenvalue weighted by Crippen LogP contribution is 2.15. The van der Waals surface area contributed by atoms with Crippen molar-refractivity contribution in [2.45, 2.75) is 12.8 Å². The van der Waals surface area contributed by atoms with Crippen molar-refractivity contribution in [2.75, 3.05) is 31.8 Å². The maximum absolute atomic E-state index is 12.2. The number of nitrogens with zero attached hydrogens (tertiary/aromatic N) is 1. The van der Waals surface area contributed by atoms with Crippen LogP contribution in [0.5, 0.6) is 5.75 Å². The molecule has 0 aliphatic heterocycles. The molecule has 1 N–H and O–H groups in total. The maximum atomic E-state index is 12.2. The molecule has 0 unspecified atom stereocenters. The van der Waals surface area contributed by atoms with Crippen molar-refractivity contribution in [3.8, 4) is 5.75 Å². The number of benzene rings is 2. The van der Waals surface area contributed by atoms with Gasteiger partial charge < -0.3 is 10.1 Å². The number of hydrogen-bond acceptors (Lipinski definition) is 4. The number of carbonyl (C=O) groups excluding carboxylic acids is 1. The summed E-state index contributed by atoms with van der Waals surface area (Å²) in [6, 6.07) is 16.7. The van der Waals surface area contributed by atoms with E-state index in [0.717, 1.165) is 18.2 Å². The molecule has 0 aromatic heterocycles. The average molecular weight is 376 g/mol. The summed E-state index contributed by atoms with van der Waals surface area (Å²) in [5.41, 5.74) is 1.73. The van der Waals surface area contributed by atoms with Crippen LogP contribution in [-0.4, -0.2) is 45.1 Å². The van der Waals surface area contributed by atoms with Crippen LogP contribution in [0.1, 0.15) is 12.0 Å². The second kappa shape index (κ2) is 9.35. The highest BCUT2D eigenvalue weighted by molar-refractivity contribution is 7.88. The SMILES string of the molecule is COc1ccc(NC(=O)CN(CCCc2ccccc2)S(C)(=O)=O)cc1. The number of ether oxygens (including phenoxy) is 1. The Labute approximate surface area is 154 Å². The van der Waals surface area contributed by atoms with Crippen molar-refractivity contribution < 1.29 is 17.9 Å². The zero-order valence-electron chi connectivity index (χ0n) is 15.0. The number of anilines is 1. The van der Waals surface area contributed by atoms with Gasteiger partial charge in [-0.05, 0) is 42.7 Å². The second-order valence-corrected chi connectivity index (χ2v) is 7.94. The predicted molar refractivity (Wildman–Crippen MR) is 103 cm³/mol. The van der Waals surface area contributed by atoms with Gasteiger partial charge in [0.1, 0.15) is 5.75 Å². The fraction of sp³-hybridized carbons (Fsp3) is 0.316. The first-order valence-electron chi connectivity index (χ1n) is 8.31. The molecule has 0 bridgehead atoms. The van der Waals surface area contributed by atoms with E-state index in [4.69, 9.17) is 4.74 Å². The molecule has 2 aromatic carbocycles. The third kappa shape index (κ3) is 6.50.